The Kier molecular flexibility index (Phi) is 4.55. The third kappa shape index (κ3) is 2.66. The second kappa shape index (κ2) is 7.04. The number of halogens is 1. The number of nitrogens with one attached hydrogen (secondary N) is 1. The molecule has 32 heavy (non-hydrogen) atoms. The zero-order chi connectivity index (χ0) is 22.5. The van der Waals surface area contributed by atoms with Crippen LogP contribution in [0.4, 0.5) is 0 Å². The highest BCUT2D eigenvalue weighted by Gasteiger charge is 2.70. The quantitative estimate of drug-likeness (QED) is 0.585. The van der Waals surface area contributed by atoms with Gasteiger partial charge in [-0.25, -0.2) is 4.79 Å². The summed E-state index contributed by atoms with van der Waals surface area (Å²) in [5.41, 5.74) is 1.09. The number of thioether (sulfide) groups is 1. The number of rotatable bonds is 3. The molecule has 4 aliphatic rings. The number of carbonyl (C=O) groups is 3. The van der Waals surface area contributed by atoms with Crippen molar-refractivity contribution >= 4 is 56.8 Å². The number of likely N-dealkylation sites (tertiary alicyclic amines) is 1. The Labute approximate surface area is 199 Å². The lowest BCUT2D eigenvalue weighted by molar-refractivity contribution is -0.154. The highest BCUT2D eigenvalue weighted by atomic mass is 79.9. The number of hydrogen-bond donors (Lipinski definition) is 2. The fourth-order valence-corrected chi connectivity index (χ4v) is 9.73. The van der Waals surface area contributed by atoms with Gasteiger partial charge in [0.2, 0.25) is 11.8 Å². The molecule has 1 saturated heterocycles. The molecule has 0 spiro atoms. The van der Waals surface area contributed by atoms with Gasteiger partial charge < -0.3 is 10.1 Å². The minimum absolute atomic E-state index is 0.00283. The van der Waals surface area contributed by atoms with Crippen molar-refractivity contribution < 1.29 is 19.5 Å². The molecule has 2 amide bonds. The molecule has 0 unspecified atom stereocenters. The van der Waals surface area contributed by atoms with Crippen LogP contribution in [0.3, 0.4) is 0 Å². The number of nitrogens with zero attached hydrogens (tertiary/aromatic N) is 1. The van der Waals surface area contributed by atoms with Crippen LogP contribution >= 0.6 is 39.0 Å². The van der Waals surface area contributed by atoms with E-state index in [0.717, 1.165) is 31.3 Å². The molecule has 2 aliphatic heterocycles. The first-order chi connectivity index (χ1) is 15.3. The van der Waals surface area contributed by atoms with E-state index in [4.69, 9.17) is 0 Å². The molecule has 2 bridgehead atoms. The van der Waals surface area contributed by atoms with Crippen LogP contribution < -0.4 is 4.87 Å². The van der Waals surface area contributed by atoms with Gasteiger partial charge in [-0.15, -0.1) is 11.8 Å². The second-order valence-electron chi connectivity index (χ2n) is 9.07. The van der Waals surface area contributed by atoms with Crippen molar-refractivity contribution in [2.24, 2.45) is 29.6 Å². The molecule has 3 heterocycles. The number of amides is 2. The number of carbonyl (C=O) groups excluding carboxylic acids is 2. The maximum atomic E-state index is 13.3. The van der Waals surface area contributed by atoms with Crippen molar-refractivity contribution in [1.82, 2.24) is 9.88 Å². The smallest absolute Gasteiger partial charge is 0.326 e. The molecule has 2 aromatic rings. The summed E-state index contributed by atoms with van der Waals surface area (Å²) in [6.07, 6.45) is 0.788. The predicted octanol–water partition coefficient (Wildman–Crippen LogP) is 3.15. The Morgan fingerprint density at radius 3 is 2.47 bits per heavy atom. The Morgan fingerprint density at radius 2 is 1.81 bits per heavy atom. The summed E-state index contributed by atoms with van der Waals surface area (Å²) in [6, 6.07) is 6.92. The van der Waals surface area contributed by atoms with Crippen LogP contribution in [0.5, 0.6) is 0 Å². The normalized spacial score (nSPS) is 35.6. The monoisotopic (exact) mass is 534 g/mol. The van der Waals surface area contributed by atoms with Crippen molar-refractivity contribution in [1.29, 1.82) is 0 Å². The lowest BCUT2D eigenvalue weighted by atomic mass is 9.68. The van der Waals surface area contributed by atoms with Crippen LogP contribution in [-0.2, 0) is 14.4 Å². The maximum Gasteiger partial charge on any atom is 0.326 e. The number of carboxylic acids is 1. The number of aromatic nitrogens is 1. The van der Waals surface area contributed by atoms with E-state index >= 15 is 0 Å². The van der Waals surface area contributed by atoms with Crippen molar-refractivity contribution in [3.8, 4) is 0 Å². The third-order valence-electron chi connectivity index (χ3n) is 7.73. The number of aromatic amines is 1. The number of carboxylic acid groups (broad SMARTS) is 1. The van der Waals surface area contributed by atoms with E-state index < -0.39 is 23.8 Å². The van der Waals surface area contributed by atoms with Crippen molar-refractivity contribution in [3.63, 3.8) is 0 Å². The van der Waals surface area contributed by atoms with Gasteiger partial charge in [0.05, 0.1) is 16.9 Å². The van der Waals surface area contributed by atoms with Gasteiger partial charge >= 0.3 is 10.8 Å². The first-order valence-electron chi connectivity index (χ1n) is 10.5. The highest BCUT2D eigenvalue weighted by Crippen LogP contribution is 2.68. The molecule has 2 N–H and O–H groups in total. The molecular formula is C22H19BrN2O5S2. The summed E-state index contributed by atoms with van der Waals surface area (Å²) in [5.74, 6) is -2.70. The third-order valence-corrected chi connectivity index (χ3v) is 10.8. The summed E-state index contributed by atoms with van der Waals surface area (Å²) in [7, 11) is 0. The summed E-state index contributed by atoms with van der Waals surface area (Å²) in [5, 5.41) is 10.4. The Bertz CT molecular complexity index is 1220. The van der Waals surface area contributed by atoms with Gasteiger partial charge in [0, 0.05) is 20.5 Å². The topological polar surface area (TPSA) is 108 Å². The van der Waals surface area contributed by atoms with Crippen LogP contribution in [0.1, 0.15) is 29.7 Å². The van der Waals surface area contributed by atoms with Crippen molar-refractivity contribution in [2.75, 3.05) is 0 Å². The molecular weight excluding hydrogens is 516 g/mol. The van der Waals surface area contributed by atoms with E-state index in [1.54, 1.807) is 11.8 Å². The Morgan fingerprint density at radius 1 is 1.16 bits per heavy atom. The van der Waals surface area contributed by atoms with Crippen LogP contribution in [0, 0.1) is 29.6 Å². The second-order valence-corrected chi connectivity index (χ2v) is 12.2. The predicted molar refractivity (Wildman–Crippen MR) is 122 cm³/mol. The van der Waals surface area contributed by atoms with Gasteiger partial charge in [-0.2, -0.15) is 0 Å². The number of aliphatic carboxylic acids is 1. The van der Waals surface area contributed by atoms with Gasteiger partial charge in [0.25, 0.3) is 0 Å². The largest absolute Gasteiger partial charge is 0.480 e. The molecule has 1 aromatic heterocycles. The average Bonchev–Trinajstić information content (AvgIpc) is 3.47. The molecule has 7 nitrogen and oxygen atoms in total. The molecule has 8 atom stereocenters. The standard InChI is InChI=1S/C22H19BrN2O5S2/c1-7(21(28)29)25-19(26)14-10-6-11(15(14)20(25)27)16-13(10)12(8-2-4-9(23)5-3-8)17-18(31-16)24-22(30)32-17/h2-5,7,10-16H,6H2,1H3,(H,24,30)(H,28,29)/t7-,10-,11-,12+,13-,14+,15-,16+/m1/s1. The molecule has 0 radical (unpaired) electrons. The summed E-state index contributed by atoms with van der Waals surface area (Å²) < 4.78 is 0.966. The number of thiazole rings is 1. The number of imide groups is 1. The lowest BCUT2D eigenvalue weighted by Gasteiger charge is -2.43. The van der Waals surface area contributed by atoms with Crippen LogP contribution in [0.2, 0.25) is 0 Å². The van der Waals surface area contributed by atoms with Gasteiger partial charge in [-0.3, -0.25) is 19.3 Å². The number of fused-ring (bicyclic) bond motifs is 9. The minimum Gasteiger partial charge on any atom is -0.480 e. The maximum absolute atomic E-state index is 13.3. The van der Waals surface area contributed by atoms with Gasteiger partial charge in [-0.05, 0) is 48.8 Å². The van der Waals surface area contributed by atoms with Crippen LogP contribution in [-0.4, -0.2) is 44.1 Å². The highest BCUT2D eigenvalue weighted by molar-refractivity contribution is 9.10. The van der Waals surface area contributed by atoms with E-state index in [2.05, 4.69) is 33.0 Å². The van der Waals surface area contributed by atoms with Gasteiger partial charge in [0.15, 0.2) is 0 Å². The number of benzene rings is 1. The fraction of sp³-hybridized carbons (Fsp3) is 0.455. The molecule has 10 heteroatoms. The molecule has 2 saturated carbocycles. The Hall–Kier alpha value is -1.91. The van der Waals surface area contributed by atoms with E-state index in [9.17, 15) is 24.3 Å². The zero-order valence-corrected chi connectivity index (χ0v) is 20.1. The summed E-state index contributed by atoms with van der Waals surface area (Å²) in [4.78, 5) is 55.2. The SMILES string of the molecule is C[C@H](C(=O)O)N1C(=O)[C@@H]2[C@H]3C[C@@H]([C@@H]2C1=O)[C@@H]1[C@H](c2ccc(Br)cc2)c2sc(=O)[nH]c2S[C@@H]31. The summed E-state index contributed by atoms with van der Waals surface area (Å²) >= 11 is 6.34. The lowest BCUT2D eigenvalue weighted by Crippen LogP contribution is -2.44. The van der Waals surface area contributed by atoms with E-state index in [-0.39, 0.29) is 45.6 Å². The Balaban J connectivity index is 1.45. The summed E-state index contributed by atoms with van der Waals surface area (Å²) in [6.45, 7) is 1.40. The molecule has 2 aliphatic carbocycles. The molecule has 3 fully saturated rings. The molecule has 6 rings (SSSR count). The van der Waals surface area contributed by atoms with E-state index in [1.165, 1.54) is 18.3 Å². The first kappa shape index (κ1) is 20.7. The number of H-pyrrole nitrogens is 1. The van der Waals surface area contributed by atoms with Gasteiger partial charge in [-0.1, -0.05) is 39.4 Å². The first-order valence-corrected chi connectivity index (χ1v) is 13.0. The minimum atomic E-state index is -1.17. The zero-order valence-electron chi connectivity index (χ0n) is 16.9. The van der Waals surface area contributed by atoms with E-state index in [1.807, 2.05) is 12.1 Å². The van der Waals surface area contributed by atoms with Gasteiger partial charge in [0.1, 0.15) is 6.04 Å². The van der Waals surface area contributed by atoms with Crippen LogP contribution in [0.15, 0.2) is 38.6 Å². The van der Waals surface area contributed by atoms with E-state index in [0.29, 0.717) is 0 Å². The number of hydrogen-bond acceptors (Lipinski definition) is 6. The molecule has 166 valence electrons. The van der Waals surface area contributed by atoms with Crippen molar-refractivity contribution in [3.05, 3.63) is 48.8 Å². The fourth-order valence-electron chi connectivity index (χ4n) is 6.58. The van der Waals surface area contributed by atoms with Crippen molar-refractivity contribution in [2.45, 2.75) is 35.6 Å². The average molecular weight is 535 g/mol. The van der Waals surface area contributed by atoms with Crippen LogP contribution in [0.25, 0.3) is 0 Å². The molecule has 1 aromatic carbocycles.